The van der Waals surface area contributed by atoms with Gasteiger partial charge in [0.2, 0.25) is 0 Å². The molecule has 1 fully saturated rings. The molecule has 0 spiro atoms. The number of amides is 2. The summed E-state index contributed by atoms with van der Waals surface area (Å²) < 4.78 is 6.90. The van der Waals surface area contributed by atoms with Crippen molar-refractivity contribution in [3.8, 4) is 11.4 Å². The largest absolute Gasteiger partial charge is 0.493 e. The molecule has 1 aromatic heterocycles. The number of nitrogens with zero attached hydrogens (tertiary/aromatic N) is 2. The molecule has 7 nitrogen and oxygen atoms in total. The van der Waals surface area contributed by atoms with Gasteiger partial charge < -0.3 is 15.4 Å². The average molecular weight is 376 g/mol. The molecule has 2 aromatic carbocycles. The Labute approximate surface area is 162 Å². The van der Waals surface area contributed by atoms with Crippen LogP contribution in [0.5, 0.6) is 5.75 Å². The van der Waals surface area contributed by atoms with Crippen molar-refractivity contribution in [2.24, 2.45) is 0 Å². The monoisotopic (exact) mass is 376 g/mol. The lowest BCUT2D eigenvalue weighted by Gasteiger charge is -2.07. The number of hydrogen-bond donors (Lipinski definition) is 2. The zero-order valence-electron chi connectivity index (χ0n) is 15.4. The van der Waals surface area contributed by atoms with E-state index in [1.807, 2.05) is 30.3 Å². The highest BCUT2D eigenvalue weighted by Crippen LogP contribution is 2.22. The van der Waals surface area contributed by atoms with E-state index in [-0.39, 0.29) is 17.5 Å². The van der Waals surface area contributed by atoms with Gasteiger partial charge in [0.25, 0.3) is 11.8 Å². The minimum atomic E-state index is -0.387. The molecule has 0 radical (unpaired) electrons. The van der Waals surface area contributed by atoms with Crippen LogP contribution < -0.4 is 15.4 Å². The van der Waals surface area contributed by atoms with Crippen LogP contribution in [-0.2, 0) is 0 Å². The van der Waals surface area contributed by atoms with Crippen LogP contribution in [0.2, 0.25) is 0 Å². The summed E-state index contributed by atoms with van der Waals surface area (Å²) in [7, 11) is 1.50. The van der Waals surface area contributed by atoms with E-state index < -0.39 is 0 Å². The van der Waals surface area contributed by atoms with Gasteiger partial charge in [-0.15, -0.1) is 0 Å². The highest BCUT2D eigenvalue weighted by atomic mass is 16.5. The van der Waals surface area contributed by atoms with Gasteiger partial charge in [-0.25, -0.2) is 4.68 Å². The van der Waals surface area contributed by atoms with Gasteiger partial charge in [-0.05, 0) is 49.2 Å². The molecule has 0 saturated heterocycles. The van der Waals surface area contributed by atoms with Gasteiger partial charge in [-0.1, -0.05) is 18.2 Å². The highest BCUT2D eigenvalue weighted by molar-refractivity contribution is 6.05. The summed E-state index contributed by atoms with van der Waals surface area (Å²) in [6, 6.07) is 16.5. The van der Waals surface area contributed by atoms with Gasteiger partial charge in [0, 0.05) is 17.3 Å². The summed E-state index contributed by atoms with van der Waals surface area (Å²) in [5.41, 5.74) is 2.15. The van der Waals surface area contributed by atoms with Crippen molar-refractivity contribution in [1.82, 2.24) is 15.1 Å². The van der Waals surface area contributed by atoms with Gasteiger partial charge in [0.1, 0.15) is 0 Å². The fraction of sp³-hybridized carbons (Fsp3) is 0.190. The van der Waals surface area contributed by atoms with Crippen LogP contribution in [0.15, 0.2) is 60.8 Å². The van der Waals surface area contributed by atoms with Crippen LogP contribution in [-0.4, -0.2) is 34.7 Å². The Bertz CT molecular complexity index is 992. The predicted molar refractivity (Wildman–Crippen MR) is 105 cm³/mol. The van der Waals surface area contributed by atoms with Crippen molar-refractivity contribution >= 4 is 17.5 Å². The van der Waals surface area contributed by atoms with E-state index >= 15 is 0 Å². The number of carbonyl (C=O) groups is 2. The highest BCUT2D eigenvalue weighted by Gasteiger charge is 2.24. The topological polar surface area (TPSA) is 85.2 Å². The normalized spacial score (nSPS) is 13.0. The number of anilines is 1. The zero-order chi connectivity index (χ0) is 19.5. The number of benzene rings is 2. The molecular formula is C21H20N4O3. The molecule has 0 bridgehead atoms. The van der Waals surface area contributed by atoms with Crippen molar-refractivity contribution in [2.45, 2.75) is 18.9 Å². The number of para-hydroxylation sites is 1. The quantitative estimate of drug-likeness (QED) is 0.692. The third-order valence-electron chi connectivity index (χ3n) is 4.45. The van der Waals surface area contributed by atoms with E-state index in [2.05, 4.69) is 15.7 Å². The van der Waals surface area contributed by atoms with Crippen LogP contribution in [0, 0.1) is 0 Å². The number of carbonyl (C=O) groups excluding carboxylic acids is 2. The van der Waals surface area contributed by atoms with E-state index in [0.717, 1.165) is 18.5 Å². The number of ether oxygens (including phenoxy) is 1. The fourth-order valence-corrected chi connectivity index (χ4v) is 2.77. The standard InChI is InChI=1S/C21H20N4O3/c1-28-18-13-25(17-5-3-2-4-6-17)24-19(18)21(27)23-15-9-7-14(8-10-15)20(26)22-16-11-12-16/h2-10,13,16H,11-12H2,1H3,(H,22,26)(H,23,27). The van der Waals surface area contributed by atoms with E-state index in [4.69, 9.17) is 4.74 Å². The summed E-state index contributed by atoms with van der Waals surface area (Å²) in [5.74, 6) is -0.104. The van der Waals surface area contributed by atoms with Crippen molar-refractivity contribution in [3.05, 3.63) is 72.1 Å². The molecule has 1 heterocycles. The van der Waals surface area contributed by atoms with E-state index in [1.54, 1.807) is 35.1 Å². The molecular weight excluding hydrogens is 356 g/mol. The molecule has 3 aromatic rings. The maximum absolute atomic E-state index is 12.7. The Morgan fingerprint density at radius 2 is 1.75 bits per heavy atom. The third kappa shape index (κ3) is 3.88. The number of nitrogens with one attached hydrogen (secondary N) is 2. The van der Waals surface area contributed by atoms with Gasteiger partial charge in [0.15, 0.2) is 11.4 Å². The molecule has 1 saturated carbocycles. The van der Waals surface area contributed by atoms with Crippen LogP contribution in [0.3, 0.4) is 0 Å². The SMILES string of the molecule is COc1cn(-c2ccccc2)nc1C(=O)Nc1ccc(C(=O)NC2CC2)cc1. The smallest absolute Gasteiger partial charge is 0.280 e. The third-order valence-corrected chi connectivity index (χ3v) is 4.45. The Kier molecular flexibility index (Phi) is 4.80. The molecule has 2 N–H and O–H groups in total. The van der Waals surface area contributed by atoms with Crippen LogP contribution in [0.25, 0.3) is 5.69 Å². The van der Waals surface area contributed by atoms with Crippen molar-refractivity contribution in [3.63, 3.8) is 0 Å². The summed E-state index contributed by atoms with van der Waals surface area (Å²) in [5, 5.41) is 10.1. The maximum atomic E-state index is 12.7. The molecule has 4 rings (SSSR count). The minimum Gasteiger partial charge on any atom is -0.493 e. The molecule has 0 unspecified atom stereocenters. The minimum absolute atomic E-state index is 0.0938. The van der Waals surface area contributed by atoms with Crippen molar-refractivity contribution in [2.75, 3.05) is 12.4 Å². The first-order chi connectivity index (χ1) is 13.6. The predicted octanol–water partition coefficient (Wildman–Crippen LogP) is 3.03. The lowest BCUT2D eigenvalue weighted by atomic mass is 10.2. The maximum Gasteiger partial charge on any atom is 0.280 e. The summed E-state index contributed by atoms with van der Waals surface area (Å²) in [6.45, 7) is 0. The summed E-state index contributed by atoms with van der Waals surface area (Å²) in [6.07, 6.45) is 3.74. The first-order valence-corrected chi connectivity index (χ1v) is 9.05. The van der Waals surface area contributed by atoms with Gasteiger partial charge >= 0.3 is 0 Å². The first-order valence-electron chi connectivity index (χ1n) is 9.05. The lowest BCUT2D eigenvalue weighted by molar-refractivity contribution is 0.0950. The average Bonchev–Trinajstić information content (AvgIpc) is 3.43. The number of hydrogen-bond acceptors (Lipinski definition) is 4. The molecule has 1 aliphatic carbocycles. The number of methoxy groups -OCH3 is 1. The van der Waals surface area contributed by atoms with E-state index in [9.17, 15) is 9.59 Å². The van der Waals surface area contributed by atoms with E-state index in [0.29, 0.717) is 23.0 Å². The molecule has 2 amide bonds. The van der Waals surface area contributed by atoms with Crippen molar-refractivity contribution in [1.29, 1.82) is 0 Å². The van der Waals surface area contributed by atoms with Gasteiger partial charge in [0.05, 0.1) is 19.0 Å². The second-order valence-corrected chi connectivity index (χ2v) is 6.61. The van der Waals surface area contributed by atoms with Crippen LogP contribution in [0.4, 0.5) is 5.69 Å². The second-order valence-electron chi connectivity index (χ2n) is 6.61. The Morgan fingerprint density at radius 3 is 2.39 bits per heavy atom. The van der Waals surface area contributed by atoms with Crippen LogP contribution in [0.1, 0.15) is 33.7 Å². The molecule has 28 heavy (non-hydrogen) atoms. The number of aromatic nitrogens is 2. The number of rotatable bonds is 6. The Balaban J connectivity index is 1.48. The summed E-state index contributed by atoms with van der Waals surface area (Å²) in [4.78, 5) is 24.7. The van der Waals surface area contributed by atoms with Crippen molar-refractivity contribution < 1.29 is 14.3 Å². The molecule has 0 atom stereocenters. The fourth-order valence-electron chi connectivity index (χ4n) is 2.77. The first kappa shape index (κ1) is 17.8. The Hall–Kier alpha value is -3.61. The van der Waals surface area contributed by atoms with Gasteiger partial charge in [-0.3, -0.25) is 9.59 Å². The summed E-state index contributed by atoms with van der Waals surface area (Å²) >= 11 is 0. The van der Waals surface area contributed by atoms with E-state index in [1.165, 1.54) is 7.11 Å². The molecule has 1 aliphatic rings. The Morgan fingerprint density at radius 1 is 1.04 bits per heavy atom. The van der Waals surface area contributed by atoms with Crippen LogP contribution >= 0.6 is 0 Å². The second kappa shape index (κ2) is 7.56. The van der Waals surface area contributed by atoms with Gasteiger partial charge in [-0.2, -0.15) is 5.10 Å². The molecule has 142 valence electrons. The lowest BCUT2D eigenvalue weighted by Crippen LogP contribution is -2.25. The molecule has 7 heteroatoms. The zero-order valence-corrected chi connectivity index (χ0v) is 15.4. The molecule has 0 aliphatic heterocycles.